The smallest absolute Gasteiger partial charge is 0.239 e. The Bertz CT molecular complexity index is 973. The number of aryl methyl sites for hydroxylation is 2. The van der Waals surface area contributed by atoms with Gasteiger partial charge in [0, 0.05) is 36.8 Å². The number of carbonyl (C=O) groups is 1. The van der Waals surface area contributed by atoms with Crippen LogP contribution in [0.3, 0.4) is 0 Å². The molecular weight excluding hydrogens is 442 g/mol. The summed E-state index contributed by atoms with van der Waals surface area (Å²) in [6.45, 7) is 6.24. The molecule has 0 aromatic heterocycles. The summed E-state index contributed by atoms with van der Waals surface area (Å²) in [6.07, 6.45) is 0.541. The van der Waals surface area contributed by atoms with Crippen LogP contribution in [0.25, 0.3) is 0 Å². The Hall–Kier alpha value is -2.32. The van der Waals surface area contributed by atoms with E-state index in [1.807, 2.05) is 32.0 Å². The van der Waals surface area contributed by atoms with Crippen LogP contribution >= 0.6 is 11.6 Å². The summed E-state index contributed by atoms with van der Waals surface area (Å²) in [5.41, 5.74) is 9.01. The minimum atomic E-state index is -0.719. The summed E-state index contributed by atoms with van der Waals surface area (Å²) >= 11 is 6.03. The fourth-order valence-electron chi connectivity index (χ4n) is 4.80. The number of amides is 1. The standard InChI is InChI=1S/C25H32ClN3O4/c1-15-4-3-5-16(2)23(15)24(25(27)31)29-10-8-18(9-11-29)28-13-19(30)22-14-32-20-7-6-17(26)12-21(20)33-22/h3-7,12,18-19,22,24,28,30H,8-11,13-14H2,1-2H3,(H2,27,31). The number of piperidine rings is 1. The molecule has 2 aliphatic heterocycles. The highest BCUT2D eigenvalue weighted by molar-refractivity contribution is 6.30. The van der Waals surface area contributed by atoms with Gasteiger partial charge in [-0.15, -0.1) is 0 Å². The lowest BCUT2D eigenvalue weighted by atomic mass is 9.92. The number of nitrogens with two attached hydrogens (primary N) is 1. The zero-order valence-corrected chi connectivity index (χ0v) is 19.8. The van der Waals surface area contributed by atoms with E-state index in [4.69, 9.17) is 26.8 Å². The van der Waals surface area contributed by atoms with Crippen molar-refractivity contribution in [1.82, 2.24) is 10.2 Å². The first-order valence-electron chi connectivity index (χ1n) is 11.4. The van der Waals surface area contributed by atoms with Crippen LogP contribution in [-0.4, -0.2) is 60.4 Å². The molecule has 0 aliphatic carbocycles. The van der Waals surface area contributed by atoms with Gasteiger partial charge < -0.3 is 25.6 Å². The predicted molar refractivity (Wildman–Crippen MR) is 128 cm³/mol. The monoisotopic (exact) mass is 473 g/mol. The lowest BCUT2D eigenvalue weighted by molar-refractivity contribution is -0.124. The molecule has 0 bridgehead atoms. The number of aliphatic hydroxyl groups excluding tert-OH is 1. The molecule has 2 aromatic rings. The van der Waals surface area contributed by atoms with Crippen molar-refractivity contribution in [2.24, 2.45) is 5.73 Å². The number of rotatable bonds is 7. The lowest BCUT2D eigenvalue weighted by Gasteiger charge is -2.38. The summed E-state index contributed by atoms with van der Waals surface area (Å²) in [4.78, 5) is 14.6. The maximum Gasteiger partial charge on any atom is 0.239 e. The number of fused-ring (bicyclic) bond motifs is 1. The highest BCUT2D eigenvalue weighted by Gasteiger charge is 2.33. The number of primary amides is 1. The van der Waals surface area contributed by atoms with E-state index in [0.717, 1.165) is 42.6 Å². The predicted octanol–water partition coefficient (Wildman–Crippen LogP) is 2.74. The number of likely N-dealkylation sites (tertiary alicyclic amines) is 1. The molecule has 2 aliphatic rings. The van der Waals surface area contributed by atoms with Gasteiger partial charge in [-0.05, 0) is 55.5 Å². The van der Waals surface area contributed by atoms with Crippen LogP contribution in [0.5, 0.6) is 11.5 Å². The van der Waals surface area contributed by atoms with E-state index in [9.17, 15) is 9.90 Å². The number of hydrogen-bond acceptors (Lipinski definition) is 6. The number of carbonyl (C=O) groups excluding carboxylic acids is 1. The Balaban J connectivity index is 1.30. The van der Waals surface area contributed by atoms with E-state index in [0.29, 0.717) is 23.1 Å². The number of benzene rings is 2. The molecule has 1 fully saturated rings. The number of ether oxygens (including phenoxy) is 2. The third-order valence-electron chi connectivity index (χ3n) is 6.61. The van der Waals surface area contributed by atoms with Crippen LogP contribution in [0, 0.1) is 13.8 Å². The summed E-state index contributed by atoms with van der Waals surface area (Å²) in [5, 5.41) is 14.7. The second-order valence-corrected chi connectivity index (χ2v) is 9.39. The highest BCUT2D eigenvalue weighted by atomic mass is 35.5. The van der Waals surface area contributed by atoms with Gasteiger partial charge in [0.1, 0.15) is 18.8 Å². The zero-order chi connectivity index (χ0) is 23.5. The minimum Gasteiger partial charge on any atom is -0.486 e. The third kappa shape index (κ3) is 5.44. The summed E-state index contributed by atoms with van der Waals surface area (Å²) in [5.74, 6) is 0.871. The first kappa shape index (κ1) is 23.8. The summed E-state index contributed by atoms with van der Waals surface area (Å²) in [6, 6.07) is 11.1. The summed E-state index contributed by atoms with van der Waals surface area (Å²) < 4.78 is 11.6. The molecule has 0 saturated carbocycles. The second-order valence-electron chi connectivity index (χ2n) is 8.95. The van der Waals surface area contributed by atoms with Crippen molar-refractivity contribution in [1.29, 1.82) is 0 Å². The van der Waals surface area contributed by atoms with Crippen molar-refractivity contribution < 1.29 is 19.4 Å². The third-order valence-corrected chi connectivity index (χ3v) is 6.85. The van der Waals surface area contributed by atoms with E-state index in [2.05, 4.69) is 10.2 Å². The molecule has 2 heterocycles. The fourth-order valence-corrected chi connectivity index (χ4v) is 4.96. The molecule has 1 amide bonds. The second kappa shape index (κ2) is 10.3. The van der Waals surface area contributed by atoms with Gasteiger partial charge in [-0.25, -0.2) is 0 Å². The molecule has 7 nitrogen and oxygen atoms in total. The van der Waals surface area contributed by atoms with E-state index in [1.165, 1.54) is 0 Å². The Morgan fingerprint density at radius 1 is 1.21 bits per heavy atom. The largest absolute Gasteiger partial charge is 0.486 e. The highest BCUT2D eigenvalue weighted by Crippen LogP contribution is 2.34. The van der Waals surface area contributed by atoms with Crippen LogP contribution in [-0.2, 0) is 4.79 Å². The van der Waals surface area contributed by atoms with Crippen molar-refractivity contribution in [2.75, 3.05) is 26.2 Å². The number of nitrogens with zero attached hydrogens (tertiary/aromatic N) is 1. The number of hydrogen-bond donors (Lipinski definition) is 3. The van der Waals surface area contributed by atoms with Gasteiger partial charge >= 0.3 is 0 Å². The molecular formula is C25H32ClN3O4. The van der Waals surface area contributed by atoms with Gasteiger partial charge in [0.15, 0.2) is 17.6 Å². The average Bonchev–Trinajstić information content (AvgIpc) is 2.79. The van der Waals surface area contributed by atoms with Crippen molar-refractivity contribution in [3.63, 3.8) is 0 Å². The fraction of sp³-hybridized carbons (Fsp3) is 0.480. The van der Waals surface area contributed by atoms with Gasteiger partial charge in [-0.3, -0.25) is 9.69 Å². The zero-order valence-electron chi connectivity index (χ0n) is 19.1. The first-order valence-corrected chi connectivity index (χ1v) is 11.8. The SMILES string of the molecule is Cc1cccc(C)c1C(C(N)=O)N1CCC(NCC(O)C2COc3ccc(Cl)cc3O2)CC1. The van der Waals surface area contributed by atoms with Crippen LogP contribution in [0.15, 0.2) is 36.4 Å². The van der Waals surface area contributed by atoms with Gasteiger partial charge in [-0.1, -0.05) is 29.8 Å². The van der Waals surface area contributed by atoms with E-state index in [-0.39, 0.29) is 18.6 Å². The maximum absolute atomic E-state index is 12.4. The van der Waals surface area contributed by atoms with Gasteiger partial charge in [0.2, 0.25) is 5.91 Å². The molecule has 4 N–H and O–H groups in total. The number of aliphatic hydroxyl groups is 1. The number of nitrogens with one attached hydrogen (secondary N) is 1. The topological polar surface area (TPSA) is 97.1 Å². The van der Waals surface area contributed by atoms with Crippen molar-refractivity contribution in [3.8, 4) is 11.5 Å². The molecule has 33 heavy (non-hydrogen) atoms. The molecule has 178 valence electrons. The van der Waals surface area contributed by atoms with Gasteiger partial charge in [-0.2, -0.15) is 0 Å². The number of halogens is 1. The molecule has 0 spiro atoms. The molecule has 3 atom stereocenters. The lowest BCUT2D eigenvalue weighted by Crippen LogP contribution is -2.50. The molecule has 3 unspecified atom stereocenters. The van der Waals surface area contributed by atoms with Crippen LogP contribution in [0.2, 0.25) is 5.02 Å². The van der Waals surface area contributed by atoms with Gasteiger partial charge in [0.05, 0.1) is 0 Å². The van der Waals surface area contributed by atoms with E-state index < -0.39 is 18.2 Å². The molecule has 2 aromatic carbocycles. The molecule has 4 rings (SSSR count). The first-order chi connectivity index (χ1) is 15.8. The summed E-state index contributed by atoms with van der Waals surface area (Å²) in [7, 11) is 0. The van der Waals surface area contributed by atoms with Crippen LogP contribution in [0.1, 0.15) is 35.6 Å². The average molecular weight is 474 g/mol. The Morgan fingerprint density at radius 3 is 2.58 bits per heavy atom. The van der Waals surface area contributed by atoms with Crippen LogP contribution in [0.4, 0.5) is 0 Å². The Labute approximate surface area is 199 Å². The van der Waals surface area contributed by atoms with E-state index in [1.54, 1.807) is 18.2 Å². The quantitative estimate of drug-likeness (QED) is 0.572. The maximum atomic E-state index is 12.4. The molecule has 0 radical (unpaired) electrons. The molecule has 8 heteroatoms. The Morgan fingerprint density at radius 2 is 1.91 bits per heavy atom. The normalized spacial score (nSPS) is 20.9. The minimum absolute atomic E-state index is 0.244. The van der Waals surface area contributed by atoms with Crippen molar-refractivity contribution in [2.45, 2.75) is 51.0 Å². The molecule has 1 saturated heterocycles. The van der Waals surface area contributed by atoms with Crippen LogP contribution < -0.4 is 20.5 Å². The van der Waals surface area contributed by atoms with Crippen molar-refractivity contribution >= 4 is 17.5 Å². The Kier molecular flexibility index (Phi) is 7.44. The van der Waals surface area contributed by atoms with E-state index >= 15 is 0 Å². The van der Waals surface area contributed by atoms with Crippen molar-refractivity contribution in [3.05, 3.63) is 58.1 Å². The van der Waals surface area contributed by atoms with Gasteiger partial charge in [0.25, 0.3) is 0 Å².